The molecule has 2 rings (SSSR count). The molecule has 0 radical (unpaired) electrons. The minimum absolute atomic E-state index is 0.682. The first-order valence-corrected chi connectivity index (χ1v) is 6.06. The molecule has 0 heterocycles. The summed E-state index contributed by atoms with van der Waals surface area (Å²) < 4.78 is 16.3. The Bertz CT molecular complexity index is 501. The number of ether oxygens (including phenoxy) is 3. The van der Waals surface area contributed by atoms with Crippen LogP contribution in [0.4, 0.5) is 0 Å². The molecular formula is C14H15O3P. The Kier molecular flexibility index (Phi) is 4.06. The summed E-state index contributed by atoms with van der Waals surface area (Å²) in [5, 5.41) is 0.875. The lowest BCUT2D eigenvalue weighted by atomic mass is 10.3. The van der Waals surface area contributed by atoms with Crippen molar-refractivity contribution < 1.29 is 14.2 Å². The molecule has 0 aliphatic carbocycles. The molecule has 0 fully saturated rings. The SMILES string of the molecule is COc1cc(Oc2ccccc2)cc(OC)c1P. The number of benzene rings is 2. The van der Waals surface area contributed by atoms with Crippen LogP contribution in [0.1, 0.15) is 0 Å². The lowest BCUT2D eigenvalue weighted by Crippen LogP contribution is -2.03. The molecule has 0 saturated carbocycles. The predicted octanol–water partition coefficient (Wildman–Crippen LogP) is 3.00. The summed E-state index contributed by atoms with van der Waals surface area (Å²) in [6, 6.07) is 13.2. The first-order chi connectivity index (χ1) is 8.74. The summed E-state index contributed by atoms with van der Waals surface area (Å²) in [5.74, 6) is 2.88. The summed E-state index contributed by atoms with van der Waals surface area (Å²) in [4.78, 5) is 0. The quantitative estimate of drug-likeness (QED) is 0.793. The average molecular weight is 262 g/mol. The molecule has 1 atom stereocenters. The fraction of sp³-hybridized carbons (Fsp3) is 0.143. The van der Waals surface area contributed by atoms with Gasteiger partial charge in [0.25, 0.3) is 0 Å². The van der Waals surface area contributed by atoms with E-state index in [2.05, 4.69) is 9.24 Å². The van der Waals surface area contributed by atoms with Crippen LogP contribution in [-0.4, -0.2) is 14.2 Å². The molecule has 0 aliphatic heterocycles. The molecular weight excluding hydrogens is 247 g/mol. The van der Waals surface area contributed by atoms with E-state index in [9.17, 15) is 0 Å². The summed E-state index contributed by atoms with van der Waals surface area (Å²) >= 11 is 0. The van der Waals surface area contributed by atoms with Crippen LogP contribution in [0.3, 0.4) is 0 Å². The molecule has 4 heteroatoms. The Hall–Kier alpha value is -1.73. The van der Waals surface area contributed by atoms with Crippen molar-refractivity contribution in [3.8, 4) is 23.0 Å². The van der Waals surface area contributed by atoms with Crippen molar-refractivity contribution >= 4 is 14.5 Å². The maximum atomic E-state index is 5.75. The van der Waals surface area contributed by atoms with Gasteiger partial charge in [0.15, 0.2) is 0 Å². The Morgan fingerprint density at radius 3 is 1.89 bits per heavy atom. The highest BCUT2D eigenvalue weighted by atomic mass is 31.0. The fourth-order valence-electron chi connectivity index (χ4n) is 1.60. The third-order valence-corrected chi connectivity index (χ3v) is 3.07. The second-order valence-electron chi connectivity index (χ2n) is 3.66. The molecule has 2 aromatic rings. The molecule has 0 N–H and O–H groups in total. The van der Waals surface area contributed by atoms with Crippen LogP contribution >= 0.6 is 9.24 Å². The first-order valence-electron chi connectivity index (χ1n) is 5.49. The Balaban J connectivity index is 2.34. The van der Waals surface area contributed by atoms with Crippen LogP contribution in [0.5, 0.6) is 23.0 Å². The second kappa shape index (κ2) is 5.74. The molecule has 0 aromatic heterocycles. The molecule has 3 nitrogen and oxygen atoms in total. The van der Waals surface area contributed by atoms with Crippen LogP contribution in [0.2, 0.25) is 0 Å². The first kappa shape index (κ1) is 12.7. The third kappa shape index (κ3) is 2.74. The Morgan fingerprint density at radius 1 is 0.833 bits per heavy atom. The van der Waals surface area contributed by atoms with Crippen molar-refractivity contribution in [1.29, 1.82) is 0 Å². The third-order valence-electron chi connectivity index (χ3n) is 2.50. The van der Waals surface area contributed by atoms with E-state index in [1.807, 2.05) is 42.5 Å². The van der Waals surface area contributed by atoms with Gasteiger partial charge in [0.2, 0.25) is 0 Å². The predicted molar refractivity (Wildman–Crippen MR) is 75.4 cm³/mol. The smallest absolute Gasteiger partial charge is 0.134 e. The van der Waals surface area contributed by atoms with E-state index in [1.54, 1.807) is 14.2 Å². The zero-order valence-corrected chi connectivity index (χ0v) is 11.5. The van der Waals surface area contributed by atoms with E-state index in [1.165, 1.54) is 0 Å². The lowest BCUT2D eigenvalue weighted by molar-refractivity contribution is 0.393. The molecule has 0 aliphatic rings. The van der Waals surface area contributed by atoms with Crippen LogP contribution < -0.4 is 19.5 Å². The van der Waals surface area contributed by atoms with Crippen LogP contribution in [0.25, 0.3) is 0 Å². The van der Waals surface area contributed by atoms with Gasteiger partial charge in [-0.1, -0.05) is 27.4 Å². The highest BCUT2D eigenvalue weighted by Gasteiger charge is 2.09. The van der Waals surface area contributed by atoms with Gasteiger partial charge >= 0.3 is 0 Å². The van der Waals surface area contributed by atoms with Crippen molar-refractivity contribution in [1.82, 2.24) is 0 Å². The molecule has 2 aromatic carbocycles. The molecule has 0 saturated heterocycles. The summed E-state index contributed by atoms with van der Waals surface area (Å²) in [6.07, 6.45) is 0. The zero-order chi connectivity index (χ0) is 13.0. The van der Waals surface area contributed by atoms with E-state index in [0.717, 1.165) is 11.1 Å². The number of hydrogen-bond acceptors (Lipinski definition) is 3. The molecule has 0 spiro atoms. The normalized spacial score (nSPS) is 9.94. The van der Waals surface area contributed by atoms with Crippen LogP contribution in [-0.2, 0) is 0 Å². The van der Waals surface area contributed by atoms with E-state index in [-0.39, 0.29) is 0 Å². The molecule has 0 bridgehead atoms. The molecule has 0 amide bonds. The highest BCUT2D eigenvalue weighted by molar-refractivity contribution is 7.28. The lowest BCUT2D eigenvalue weighted by Gasteiger charge is -2.13. The number of methoxy groups -OCH3 is 2. The van der Waals surface area contributed by atoms with Gasteiger partial charge in [-0.3, -0.25) is 0 Å². The minimum Gasteiger partial charge on any atom is -0.496 e. The van der Waals surface area contributed by atoms with Gasteiger partial charge in [0.05, 0.1) is 19.5 Å². The van der Waals surface area contributed by atoms with Gasteiger partial charge in [-0.2, -0.15) is 0 Å². The summed E-state index contributed by atoms with van der Waals surface area (Å²) in [6.45, 7) is 0. The van der Waals surface area contributed by atoms with E-state index in [4.69, 9.17) is 14.2 Å². The van der Waals surface area contributed by atoms with E-state index in [0.29, 0.717) is 17.2 Å². The van der Waals surface area contributed by atoms with Crippen LogP contribution in [0.15, 0.2) is 42.5 Å². The maximum absolute atomic E-state index is 5.75. The largest absolute Gasteiger partial charge is 0.496 e. The van der Waals surface area contributed by atoms with E-state index >= 15 is 0 Å². The molecule has 94 valence electrons. The minimum atomic E-state index is 0.682. The van der Waals surface area contributed by atoms with Gasteiger partial charge in [-0.25, -0.2) is 0 Å². The van der Waals surface area contributed by atoms with E-state index < -0.39 is 0 Å². The zero-order valence-electron chi connectivity index (χ0n) is 10.3. The molecule has 1 unspecified atom stereocenters. The van der Waals surface area contributed by atoms with Crippen molar-refractivity contribution in [2.24, 2.45) is 0 Å². The van der Waals surface area contributed by atoms with Crippen molar-refractivity contribution in [2.45, 2.75) is 0 Å². The van der Waals surface area contributed by atoms with Gasteiger partial charge in [0, 0.05) is 12.1 Å². The van der Waals surface area contributed by atoms with Crippen molar-refractivity contribution in [3.63, 3.8) is 0 Å². The van der Waals surface area contributed by atoms with Gasteiger partial charge < -0.3 is 14.2 Å². The summed E-state index contributed by atoms with van der Waals surface area (Å²) in [7, 11) is 5.84. The van der Waals surface area contributed by atoms with Gasteiger partial charge in [0.1, 0.15) is 23.0 Å². The fourth-order valence-corrected chi connectivity index (χ4v) is 2.00. The van der Waals surface area contributed by atoms with Gasteiger partial charge in [-0.05, 0) is 12.1 Å². The van der Waals surface area contributed by atoms with Crippen molar-refractivity contribution in [3.05, 3.63) is 42.5 Å². The number of rotatable bonds is 4. The number of para-hydroxylation sites is 1. The maximum Gasteiger partial charge on any atom is 0.134 e. The Morgan fingerprint density at radius 2 is 1.39 bits per heavy atom. The summed E-state index contributed by atoms with van der Waals surface area (Å²) in [5.41, 5.74) is 0. The topological polar surface area (TPSA) is 27.7 Å². The molecule has 18 heavy (non-hydrogen) atoms. The second-order valence-corrected chi connectivity index (χ2v) is 4.23. The van der Waals surface area contributed by atoms with Crippen LogP contribution in [0, 0.1) is 0 Å². The van der Waals surface area contributed by atoms with Crippen molar-refractivity contribution in [2.75, 3.05) is 14.2 Å². The van der Waals surface area contributed by atoms with Gasteiger partial charge in [-0.15, -0.1) is 0 Å². The average Bonchev–Trinajstić information content (AvgIpc) is 2.41. The Labute approximate surface area is 109 Å². The monoisotopic (exact) mass is 262 g/mol. The highest BCUT2D eigenvalue weighted by Crippen LogP contribution is 2.30. The standard InChI is InChI=1S/C14H15O3P/c1-15-12-8-11(9-13(16-2)14(12)18)17-10-6-4-3-5-7-10/h3-9H,18H2,1-2H3. The number of hydrogen-bond donors (Lipinski definition) is 0.